The van der Waals surface area contributed by atoms with E-state index in [2.05, 4.69) is 17.1 Å². The molecule has 0 aromatic carbocycles. The number of piperidine rings is 1. The normalized spacial score (nSPS) is 23.6. The predicted octanol–water partition coefficient (Wildman–Crippen LogP) is 2.55. The monoisotopic (exact) mass is 337 g/mol. The Bertz CT molecular complexity index is 400. The molecule has 5 heteroatoms. The highest BCUT2D eigenvalue weighted by Crippen LogP contribution is 2.17. The van der Waals surface area contributed by atoms with Crippen LogP contribution >= 0.6 is 0 Å². The third kappa shape index (κ3) is 6.42. The Morgan fingerprint density at radius 1 is 1.12 bits per heavy atom. The average Bonchev–Trinajstić information content (AvgIpc) is 2.58. The fraction of sp³-hybridized carbons (Fsp3) is 0.895. The summed E-state index contributed by atoms with van der Waals surface area (Å²) in [6.07, 6.45) is 11.0. The molecular weight excluding hydrogens is 302 g/mol. The molecule has 2 amide bonds. The molecule has 138 valence electrons. The van der Waals surface area contributed by atoms with Gasteiger partial charge in [0.15, 0.2) is 0 Å². The van der Waals surface area contributed by atoms with E-state index in [1.165, 1.54) is 38.5 Å². The molecule has 0 spiro atoms. The lowest BCUT2D eigenvalue weighted by atomic mass is 10.0. The zero-order valence-corrected chi connectivity index (χ0v) is 15.4. The molecule has 0 saturated carbocycles. The maximum atomic E-state index is 12.3. The summed E-state index contributed by atoms with van der Waals surface area (Å²) < 4.78 is 0. The van der Waals surface area contributed by atoms with E-state index in [-0.39, 0.29) is 18.4 Å². The van der Waals surface area contributed by atoms with Crippen molar-refractivity contribution in [2.45, 2.75) is 77.2 Å². The van der Waals surface area contributed by atoms with Gasteiger partial charge in [-0.25, -0.2) is 0 Å². The topological polar surface area (TPSA) is 52.7 Å². The minimum Gasteiger partial charge on any atom is -0.353 e. The number of unbranched alkanes of at least 4 members (excludes halogenated alkanes) is 1. The summed E-state index contributed by atoms with van der Waals surface area (Å²) in [6.45, 7) is 6.22. The average molecular weight is 338 g/mol. The van der Waals surface area contributed by atoms with Crippen molar-refractivity contribution < 1.29 is 9.59 Å². The lowest BCUT2D eigenvalue weighted by Crippen LogP contribution is -2.49. The van der Waals surface area contributed by atoms with Crippen LogP contribution < -0.4 is 5.32 Å². The van der Waals surface area contributed by atoms with Gasteiger partial charge in [0, 0.05) is 25.6 Å². The fourth-order valence-electron chi connectivity index (χ4n) is 3.79. The Balaban J connectivity index is 1.75. The number of nitrogens with one attached hydrogen (secondary N) is 1. The van der Waals surface area contributed by atoms with Gasteiger partial charge in [0.1, 0.15) is 0 Å². The van der Waals surface area contributed by atoms with Crippen LogP contribution in [0.1, 0.15) is 71.1 Å². The van der Waals surface area contributed by atoms with Crippen LogP contribution in [0.25, 0.3) is 0 Å². The number of rotatable bonds is 7. The largest absolute Gasteiger partial charge is 0.353 e. The molecule has 2 rings (SSSR count). The number of amides is 2. The SMILES string of the molecule is CCCCN1CCCCC1CNC(=O)CN1CCCCCCC1=O. The number of carbonyl (C=O) groups excluding carboxylic acids is 2. The summed E-state index contributed by atoms with van der Waals surface area (Å²) in [6, 6.07) is 0.470. The van der Waals surface area contributed by atoms with E-state index in [1.54, 1.807) is 4.90 Å². The number of carbonyl (C=O) groups is 2. The molecule has 0 bridgehead atoms. The molecule has 24 heavy (non-hydrogen) atoms. The van der Waals surface area contributed by atoms with Crippen molar-refractivity contribution in [3.05, 3.63) is 0 Å². The summed E-state index contributed by atoms with van der Waals surface area (Å²) in [7, 11) is 0. The van der Waals surface area contributed by atoms with E-state index in [9.17, 15) is 9.59 Å². The molecule has 2 heterocycles. The van der Waals surface area contributed by atoms with Crippen LogP contribution in [0.4, 0.5) is 0 Å². The molecule has 0 aromatic rings. The third-order valence-electron chi connectivity index (χ3n) is 5.34. The zero-order chi connectivity index (χ0) is 17.2. The number of hydrogen-bond acceptors (Lipinski definition) is 3. The van der Waals surface area contributed by atoms with Crippen molar-refractivity contribution in [3.8, 4) is 0 Å². The first-order valence-corrected chi connectivity index (χ1v) is 9.99. The van der Waals surface area contributed by atoms with E-state index >= 15 is 0 Å². The van der Waals surface area contributed by atoms with Gasteiger partial charge in [0.25, 0.3) is 0 Å². The summed E-state index contributed by atoms with van der Waals surface area (Å²) in [5.74, 6) is 0.150. The fourth-order valence-corrected chi connectivity index (χ4v) is 3.79. The number of nitrogens with zero attached hydrogens (tertiary/aromatic N) is 2. The first-order valence-electron chi connectivity index (χ1n) is 9.99. The quantitative estimate of drug-likeness (QED) is 0.777. The summed E-state index contributed by atoms with van der Waals surface area (Å²) in [5, 5.41) is 3.09. The maximum Gasteiger partial charge on any atom is 0.239 e. The van der Waals surface area contributed by atoms with Crippen molar-refractivity contribution in [2.24, 2.45) is 0 Å². The van der Waals surface area contributed by atoms with Gasteiger partial charge in [-0.1, -0.05) is 32.6 Å². The van der Waals surface area contributed by atoms with Crippen LogP contribution in [-0.4, -0.2) is 60.4 Å². The van der Waals surface area contributed by atoms with Crippen LogP contribution in [0.15, 0.2) is 0 Å². The molecule has 2 fully saturated rings. The highest BCUT2D eigenvalue weighted by atomic mass is 16.2. The molecule has 0 aliphatic carbocycles. The van der Waals surface area contributed by atoms with E-state index in [0.717, 1.165) is 45.4 Å². The molecule has 1 N–H and O–H groups in total. The van der Waals surface area contributed by atoms with Gasteiger partial charge in [0.05, 0.1) is 6.54 Å². The van der Waals surface area contributed by atoms with Crippen molar-refractivity contribution in [2.75, 3.05) is 32.7 Å². The smallest absolute Gasteiger partial charge is 0.239 e. The summed E-state index contributed by atoms with van der Waals surface area (Å²) in [5.41, 5.74) is 0. The lowest BCUT2D eigenvalue weighted by molar-refractivity contribution is -0.136. The second kappa shape index (κ2) is 10.7. The molecule has 0 aromatic heterocycles. The van der Waals surface area contributed by atoms with Crippen molar-refractivity contribution >= 4 is 11.8 Å². The van der Waals surface area contributed by atoms with Gasteiger partial charge in [0.2, 0.25) is 11.8 Å². The van der Waals surface area contributed by atoms with E-state index < -0.39 is 0 Å². The minimum atomic E-state index is 0.00457. The molecule has 2 aliphatic heterocycles. The van der Waals surface area contributed by atoms with Crippen molar-refractivity contribution in [1.29, 1.82) is 0 Å². The standard InChI is InChI=1S/C19H35N3O2/c1-2-3-12-21-13-9-7-10-17(21)15-20-18(23)16-22-14-8-5-4-6-11-19(22)24/h17H,2-16H2,1H3,(H,20,23). The van der Waals surface area contributed by atoms with Gasteiger partial charge in [-0.3, -0.25) is 14.5 Å². The van der Waals surface area contributed by atoms with Crippen LogP contribution in [-0.2, 0) is 9.59 Å². The summed E-state index contributed by atoms with van der Waals surface area (Å²) in [4.78, 5) is 28.7. The number of hydrogen-bond donors (Lipinski definition) is 1. The number of likely N-dealkylation sites (tertiary alicyclic amines) is 2. The zero-order valence-electron chi connectivity index (χ0n) is 15.4. The van der Waals surface area contributed by atoms with Gasteiger partial charge < -0.3 is 10.2 Å². The van der Waals surface area contributed by atoms with Crippen molar-refractivity contribution in [3.63, 3.8) is 0 Å². The molecule has 0 radical (unpaired) electrons. The van der Waals surface area contributed by atoms with Crippen molar-refractivity contribution in [1.82, 2.24) is 15.1 Å². The van der Waals surface area contributed by atoms with E-state index in [1.807, 2.05) is 0 Å². The third-order valence-corrected chi connectivity index (χ3v) is 5.34. The second-order valence-electron chi connectivity index (χ2n) is 7.32. The Kier molecular flexibility index (Phi) is 8.57. The second-order valence-corrected chi connectivity index (χ2v) is 7.32. The van der Waals surface area contributed by atoms with E-state index in [4.69, 9.17) is 0 Å². The minimum absolute atomic E-state index is 0.00457. The first kappa shape index (κ1) is 19.2. The maximum absolute atomic E-state index is 12.3. The van der Waals surface area contributed by atoms with Gasteiger partial charge in [-0.15, -0.1) is 0 Å². The molecule has 1 unspecified atom stereocenters. The van der Waals surface area contributed by atoms with Crippen LogP contribution in [0.5, 0.6) is 0 Å². The molecule has 2 aliphatic rings. The predicted molar refractivity (Wildman–Crippen MR) is 96.8 cm³/mol. The lowest BCUT2D eigenvalue weighted by Gasteiger charge is -2.36. The van der Waals surface area contributed by atoms with Gasteiger partial charge in [-0.05, 0) is 45.2 Å². The molecule has 2 saturated heterocycles. The Labute approximate surface area is 147 Å². The Morgan fingerprint density at radius 2 is 1.92 bits per heavy atom. The van der Waals surface area contributed by atoms with Crippen LogP contribution in [0.2, 0.25) is 0 Å². The Hall–Kier alpha value is -1.10. The van der Waals surface area contributed by atoms with Gasteiger partial charge in [-0.2, -0.15) is 0 Å². The summed E-state index contributed by atoms with van der Waals surface area (Å²) >= 11 is 0. The highest BCUT2D eigenvalue weighted by molar-refractivity contribution is 5.84. The first-order chi connectivity index (χ1) is 11.7. The highest BCUT2D eigenvalue weighted by Gasteiger charge is 2.23. The molecular formula is C19H35N3O2. The van der Waals surface area contributed by atoms with E-state index in [0.29, 0.717) is 12.5 Å². The van der Waals surface area contributed by atoms with Crippen LogP contribution in [0.3, 0.4) is 0 Å². The Morgan fingerprint density at radius 3 is 2.75 bits per heavy atom. The van der Waals surface area contributed by atoms with Gasteiger partial charge >= 0.3 is 0 Å². The molecule has 5 nitrogen and oxygen atoms in total. The van der Waals surface area contributed by atoms with Crippen LogP contribution in [0, 0.1) is 0 Å². The molecule has 1 atom stereocenters.